The maximum absolute atomic E-state index is 12.9. The highest BCUT2D eigenvalue weighted by molar-refractivity contribution is 8.00. The summed E-state index contributed by atoms with van der Waals surface area (Å²) in [4.78, 5) is 27.5. The van der Waals surface area contributed by atoms with Crippen LogP contribution in [-0.2, 0) is 4.79 Å². The number of hydrogen-bond acceptors (Lipinski definition) is 4. The monoisotopic (exact) mass is 363 g/mol. The molecule has 25 heavy (non-hydrogen) atoms. The number of hydrogen-bond donors (Lipinski definition) is 2. The average Bonchev–Trinajstić information content (AvgIpc) is 2.59. The number of nitrogens with two attached hydrogens (primary N) is 1. The second-order valence-corrected chi connectivity index (χ2v) is 8.01. The number of carbonyl (C=O) groups is 2. The molecule has 0 aromatic heterocycles. The van der Waals surface area contributed by atoms with Gasteiger partial charge in [0.2, 0.25) is 5.91 Å². The number of benzene rings is 1. The third-order valence-electron chi connectivity index (χ3n) is 4.50. The largest absolute Gasteiger partial charge is 0.353 e. The predicted molar refractivity (Wildman–Crippen MR) is 103 cm³/mol. The molecular formula is C19H29N3O2S. The average molecular weight is 364 g/mol. The normalized spacial score (nSPS) is 16.8. The zero-order chi connectivity index (χ0) is 18.4. The maximum Gasteiger partial charge on any atom is 0.254 e. The summed E-state index contributed by atoms with van der Waals surface area (Å²) >= 11 is 1.42. The molecule has 0 radical (unpaired) electrons. The Morgan fingerprint density at radius 2 is 1.88 bits per heavy atom. The molecule has 1 aromatic carbocycles. The standard InChI is InChI=1S/C19H29N3O2S/c1-13(2)21-18(23)12-25-17-7-5-4-6-16(17)19(24)22-10-8-15(9-11-22)14(3)20/h4-7,13-15H,8-12,20H2,1-3H3,(H,21,23). The number of carbonyl (C=O) groups excluding carboxylic acids is 2. The van der Waals surface area contributed by atoms with Gasteiger partial charge in [-0.05, 0) is 51.7 Å². The molecule has 6 heteroatoms. The van der Waals surface area contributed by atoms with E-state index in [1.165, 1.54) is 11.8 Å². The Kier molecular flexibility index (Phi) is 7.32. The summed E-state index contributed by atoms with van der Waals surface area (Å²) < 4.78 is 0. The second-order valence-electron chi connectivity index (χ2n) is 7.00. The van der Waals surface area contributed by atoms with Crippen molar-refractivity contribution in [2.45, 2.75) is 50.6 Å². The molecule has 0 aliphatic carbocycles. The molecule has 1 unspecified atom stereocenters. The van der Waals surface area contributed by atoms with Crippen LogP contribution in [0.15, 0.2) is 29.2 Å². The van der Waals surface area contributed by atoms with Crippen molar-refractivity contribution < 1.29 is 9.59 Å². The van der Waals surface area contributed by atoms with Gasteiger partial charge in [0.05, 0.1) is 11.3 Å². The lowest BCUT2D eigenvalue weighted by atomic mass is 9.90. The Bertz CT molecular complexity index is 596. The van der Waals surface area contributed by atoms with Crippen molar-refractivity contribution in [2.75, 3.05) is 18.8 Å². The molecule has 1 aliphatic heterocycles. The molecule has 1 saturated heterocycles. The lowest BCUT2D eigenvalue weighted by Gasteiger charge is -2.34. The summed E-state index contributed by atoms with van der Waals surface area (Å²) in [5, 5.41) is 2.87. The molecule has 138 valence electrons. The van der Waals surface area contributed by atoms with E-state index in [0.717, 1.165) is 30.8 Å². The van der Waals surface area contributed by atoms with Gasteiger partial charge in [-0.25, -0.2) is 0 Å². The zero-order valence-corrected chi connectivity index (χ0v) is 16.1. The fourth-order valence-electron chi connectivity index (χ4n) is 3.07. The van der Waals surface area contributed by atoms with E-state index < -0.39 is 0 Å². The molecule has 0 bridgehead atoms. The lowest BCUT2D eigenvalue weighted by Crippen LogP contribution is -2.42. The van der Waals surface area contributed by atoms with E-state index in [9.17, 15) is 9.59 Å². The molecular weight excluding hydrogens is 334 g/mol. The third kappa shape index (κ3) is 5.75. The van der Waals surface area contributed by atoms with Crippen LogP contribution in [0, 0.1) is 5.92 Å². The van der Waals surface area contributed by atoms with E-state index in [1.54, 1.807) is 0 Å². The topological polar surface area (TPSA) is 75.4 Å². The minimum atomic E-state index is -0.0139. The number of nitrogens with one attached hydrogen (secondary N) is 1. The Labute approximate surface area is 154 Å². The predicted octanol–water partition coefficient (Wildman–Crippen LogP) is 2.50. The van der Waals surface area contributed by atoms with Gasteiger partial charge < -0.3 is 16.0 Å². The van der Waals surface area contributed by atoms with Crippen LogP contribution in [0.4, 0.5) is 0 Å². The van der Waals surface area contributed by atoms with E-state index >= 15 is 0 Å². The van der Waals surface area contributed by atoms with Gasteiger partial charge in [-0.3, -0.25) is 9.59 Å². The summed E-state index contributed by atoms with van der Waals surface area (Å²) in [6.45, 7) is 7.41. The Balaban J connectivity index is 2.00. The molecule has 2 rings (SSSR count). The van der Waals surface area contributed by atoms with Gasteiger partial charge >= 0.3 is 0 Å². The SMILES string of the molecule is CC(C)NC(=O)CSc1ccccc1C(=O)N1CCC(C(C)N)CC1. The molecule has 1 atom stereocenters. The molecule has 0 spiro atoms. The van der Waals surface area contributed by atoms with Crippen molar-refractivity contribution >= 4 is 23.6 Å². The first-order valence-electron chi connectivity index (χ1n) is 8.94. The number of rotatable bonds is 6. The highest BCUT2D eigenvalue weighted by Crippen LogP contribution is 2.26. The molecule has 3 N–H and O–H groups in total. The number of piperidine rings is 1. The fraction of sp³-hybridized carbons (Fsp3) is 0.579. The smallest absolute Gasteiger partial charge is 0.254 e. The van der Waals surface area contributed by atoms with Crippen molar-refractivity contribution in [1.29, 1.82) is 0 Å². The van der Waals surface area contributed by atoms with Crippen LogP contribution in [-0.4, -0.2) is 47.6 Å². The minimum Gasteiger partial charge on any atom is -0.353 e. The van der Waals surface area contributed by atoms with Gasteiger partial charge in [0.15, 0.2) is 0 Å². The van der Waals surface area contributed by atoms with Crippen molar-refractivity contribution in [1.82, 2.24) is 10.2 Å². The van der Waals surface area contributed by atoms with Gasteiger partial charge in [-0.15, -0.1) is 11.8 Å². The van der Waals surface area contributed by atoms with Crippen molar-refractivity contribution in [3.8, 4) is 0 Å². The Morgan fingerprint density at radius 1 is 1.24 bits per heavy atom. The first kappa shape index (κ1) is 19.8. The number of thioether (sulfide) groups is 1. The summed E-state index contributed by atoms with van der Waals surface area (Å²) in [5.74, 6) is 0.846. The molecule has 1 aromatic rings. The van der Waals surface area contributed by atoms with Crippen molar-refractivity contribution in [3.05, 3.63) is 29.8 Å². The van der Waals surface area contributed by atoms with Gasteiger partial charge in [-0.1, -0.05) is 12.1 Å². The molecule has 0 saturated carbocycles. The first-order valence-corrected chi connectivity index (χ1v) is 9.93. The van der Waals surface area contributed by atoms with Crippen LogP contribution in [0.3, 0.4) is 0 Å². The maximum atomic E-state index is 12.9. The van der Waals surface area contributed by atoms with Crippen LogP contribution in [0.2, 0.25) is 0 Å². The number of amides is 2. The summed E-state index contributed by atoms with van der Waals surface area (Å²) in [6.07, 6.45) is 1.91. The third-order valence-corrected chi connectivity index (χ3v) is 5.57. The van der Waals surface area contributed by atoms with E-state index in [2.05, 4.69) is 5.32 Å². The minimum absolute atomic E-state index is 0.0139. The lowest BCUT2D eigenvalue weighted by molar-refractivity contribution is -0.119. The van der Waals surface area contributed by atoms with Crippen molar-refractivity contribution in [2.24, 2.45) is 11.7 Å². The van der Waals surface area contributed by atoms with Crippen LogP contribution >= 0.6 is 11.8 Å². The first-order chi connectivity index (χ1) is 11.9. The van der Waals surface area contributed by atoms with Gasteiger partial charge in [0.25, 0.3) is 5.91 Å². The number of nitrogens with zero attached hydrogens (tertiary/aromatic N) is 1. The molecule has 1 fully saturated rings. The van der Waals surface area contributed by atoms with Gasteiger partial charge in [0.1, 0.15) is 0 Å². The van der Waals surface area contributed by atoms with Crippen LogP contribution in [0.25, 0.3) is 0 Å². The summed E-state index contributed by atoms with van der Waals surface area (Å²) in [7, 11) is 0. The van der Waals surface area contributed by atoms with E-state index in [4.69, 9.17) is 5.73 Å². The summed E-state index contributed by atoms with van der Waals surface area (Å²) in [6, 6.07) is 7.84. The molecule has 1 aliphatic rings. The highest BCUT2D eigenvalue weighted by Gasteiger charge is 2.26. The quantitative estimate of drug-likeness (QED) is 0.762. The van der Waals surface area contributed by atoms with Crippen LogP contribution in [0.1, 0.15) is 44.0 Å². The second kappa shape index (κ2) is 9.25. The van der Waals surface area contributed by atoms with E-state index in [1.807, 2.05) is 49.9 Å². The Hall–Kier alpha value is -1.53. The molecule has 1 heterocycles. The van der Waals surface area contributed by atoms with Gasteiger partial charge in [-0.2, -0.15) is 0 Å². The highest BCUT2D eigenvalue weighted by atomic mass is 32.2. The van der Waals surface area contributed by atoms with E-state index in [0.29, 0.717) is 17.2 Å². The molecule has 5 nitrogen and oxygen atoms in total. The van der Waals surface area contributed by atoms with Crippen LogP contribution < -0.4 is 11.1 Å². The fourth-order valence-corrected chi connectivity index (χ4v) is 3.93. The van der Waals surface area contributed by atoms with E-state index in [-0.39, 0.29) is 23.9 Å². The molecule has 2 amide bonds. The number of likely N-dealkylation sites (tertiary alicyclic amines) is 1. The zero-order valence-electron chi connectivity index (χ0n) is 15.3. The summed E-state index contributed by atoms with van der Waals surface area (Å²) in [5.41, 5.74) is 6.67. The van der Waals surface area contributed by atoms with Crippen LogP contribution in [0.5, 0.6) is 0 Å². The van der Waals surface area contributed by atoms with Gasteiger partial charge in [0, 0.05) is 30.1 Å². The Morgan fingerprint density at radius 3 is 2.48 bits per heavy atom. The van der Waals surface area contributed by atoms with Crippen molar-refractivity contribution in [3.63, 3.8) is 0 Å².